The molecule has 3 aromatic rings. The Morgan fingerprint density at radius 3 is 2.29 bits per heavy atom. The van der Waals surface area contributed by atoms with Gasteiger partial charge in [0, 0.05) is 12.6 Å². The van der Waals surface area contributed by atoms with Crippen molar-refractivity contribution in [1.29, 1.82) is 0 Å². The minimum atomic E-state index is -3.68. The number of rotatable bonds is 7. The highest BCUT2D eigenvalue weighted by Gasteiger charge is 2.23. The zero-order chi connectivity index (χ0) is 20.3. The molecule has 8 heteroatoms. The summed E-state index contributed by atoms with van der Waals surface area (Å²) in [5.41, 5.74) is 2.04. The third-order valence-electron chi connectivity index (χ3n) is 4.43. The first-order valence-electron chi connectivity index (χ1n) is 8.84. The van der Waals surface area contributed by atoms with Crippen LogP contribution >= 0.6 is 0 Å². The average Bonchev–Trinajstić information content (AvgIpc) is 3.16. The molecule has 0 aliphatic heterocycles. The first-order chi connectivity index (χ1) is 13.3. The Morgan fingerprint density at radius 2 is 1.71 bits per heavy atom. The van der Waals surface area contributed by atoms with E-state index in [-0.39, 0.29) is 17.3 Å². The van der Waals surface area contributed by atoms with E-state index < -0.39 is 10.0 Å². The molecule has 0 unspecified atom stereocenters. The first-order valence-corrected chi connectivity index (χ1v) is 10.3. The van der Waals surface area contributed by atoms with Crippen molar-refractivity contribution in [2.75, 3.05) is 14.2 Å². The molecule has 7 nitrogen and oxygen atoms in total. The van der Waals surface area contributed by atoms with Crippen molar-refractivity contribution < 1.29 is 17.7 Å². The van der Waals surface area contributed by atoms with E-state index in [1.165, 1.54) is 36.2 Å². The molecule has 1 aromatic heterocycles. The molecule has 0 fully saturated rings. The molecule has 3 rings (SSSR count). The van der Waals surface area contributed by atoms with E-state index in [0.717, 1.165) is 5.56 Å². The second-order valence-electron chi connectivity index (χ2n) is 6.73. The number of hydrogen-bond donors (Lipinski definition) is 0. The summed E-state index contributed by atoms with van der Waals surface area (Å²) >= 11 is 0. The van der Waals surface area contributed by atoms with E-state index in [4.69, 9.17) is 9.26 Å². The summed E-state index contributed by atoms with van der Waals surface area (Å²) in [5.74, 6) is 1.68. The molecule has 0 aliphatic carbocycles. The highest BCUT2D eigenvalue weighted by Crippen LogP contribution is 2.22. The zero-order valence-electron chi connectivity index (χ0n) is 16.3. The largest absolute Gasteiger partial charge is 0.497 e. The minimum Gasteiger partial charge on any atom is -0.497 e. The van der Waals surface area contributed by atoms with Crippen LogP contribution in [0.1, 0.15) is 31.2 Å². The maximum Gasteiger partial charge on any atom is 0.243 e. The van der Waals surface area contributed by atoms with Gasteiger partial charge in [0.2, 0.25) is 21.7 Å². The van der Waals surface area contributed by atoms with Gasteiger partial charge in [0.25, 0.3) is 0 Å². The quantitative estimate of drug-likeness (QED) is 0.600. The normalized spacial score (nSPS) is 11.9. The summed E-state index contributed by atoms with van der Waals surface area (Å²) in [4.78, 5) is 4.49. The van der Waals surface area contributed by atoms with Gasteiger partial charge in [0.05, 0.1) is 18.6 Å². The van der Waals surface area contributed by atoms with Gasteiger partial charge in [-0.3, -0.25) is 0 Å². The fourth-order valence-electron chi connectivity index (χ4n) is 2.66. The van der Waals surface area contributed by atoms with Crippen LogP contribution in [-0.2, 0) is 16.6 Å². The molecule has 2 aromatic carbocycles. The summed E-state index contributed by atoms with van der Waals surface area (Å²) in [5, 5.41) is 3.97. The van der Waals surface area contributed by atoms with Crippen LogP contribution in [0.5, 0.6) is 5.75 Å². The van der Waals surface area contributed by atoms with Crippen LogP contribution < -0.4 is 4.74 Å². The van der Waals surface area contributed by atoms with Crippen LogP contribution in [-0.4, -0.2) is 37.0 Å². The molecule has 0 amide bonds. The van der Waals surface area contributed by atoms with Gasteiger partial charge in [0.15, 0.2) is 0 Å². The number of hydrogen-bond acceptors (Lipinski definition) is 6. The average molecular weight is 401 g/mol. The van der Waals surface area contributed by atoms with Crippen molar-refractivity contribution in [3.63, 3.8) is 0 Å². The van der Waals surface area contributed by atoms with Gasteiger partial charge in [-0.1, -0.05) is 43.3 Å². The third-order valence-corrected chi connectivity index (χ3v) is 6.25. The Labute approximate surface area is 165 Å². The van der Waals surface area contributed by atoms with Crippen LogP contribution in [0.2, 0.25) is 0 Å². The number of nitrogens with zero attached hydrogens (tertiary/aromatic N) is 3. The van der Waals surface area contributed by atoms with Crippen molar-refractivity contribution in [1.82, 2.24) is 14.4 Å². The molecule has 0 atom stereocenters. The SMILES string of the molecule is COc1ccc(S(=O)(=O)N(C)Cc2nc(-c3ccc(C(C)C)cc3)no2)cc1. The van der Waals surface area contributed by atoms with Gasteiger partial charge < -0.3 is 9.26 Å². The number of benzene rings is 2. The fraction of sp³-hybridized carbons (Fsp3) is 0.300. The number of methoxy groups -OCH3 is 1. The topological polar surface area (TPSA) is 85.5 Å². The molecular weight excluding hydrogens is 378 g/mol. The lowest BCUT2D eigenvalue weighted by Gasteiger charge is -2.15. The monoisotopic (exact) mass is 401 g/mol. The van der Waals surface area contributed by atoms with Gasteiger partial charge in [-0.05, 0) is 35.7 Å². The molecule has 148 valence electrons. The van der Waals surface area contributed by atoms with Crippen molar-refractivity contribution in [3.8, 4) is 17.1 Å². The zero-order valence-corrected chi connectivity index (χ0v) is 17.1. The predicted molar refractivity (Wildman–Crippen MR) is 105 cm³/mol. The maximum atomic E-state index is 12.7. The van der Waals surface area contributed by atoms with E-state index in [1.807, 2.05) is 24.3 Å². The highest BCUT2D eigenvalue weighted by atomic mass is 32.2. The highest BCUT2D eigenvalue weighted by molar-refractivity contribution is 7.89. The molecule has 0 bridgehead atoms. The van der Waals surface area contributed by atoms with Gasteiger partial charge in [-0.15, -0.1) is 0 Å². The van der Waals surface area contributed by atoms with Crippen LogP contribution in [0.3, 0.4) is 0 Å². The Hall–Kier alpha value is -2.71. The van der Waals surface area contributed by atoms with Gasteiger partial charge in [-0.25, -0.2) is 8.42 Å². The Balaban J connectivity index is 1.74. The third kappa shape index (κ3) is 4.23. The van der Waals surface area contributed by atoms with E-state index in [2.05, 4.69) is 24.0 Å². The van der Waals surface area contributed by atoms with Crippen molar-refractivity contribution >= 4 is 10.0 Å². The smallest absolute Gasteiger partial charge is 0.243 e. The van der Waals surface area contributed by atoms with Crippen molar-refractivity contribution in [3.05, 3.63) is 60.0 Å². The number of sulfonamides is 1. The Morgan fingerprint density at radius 1 is 1.07 bits per heavy atom. The molecular formula is C20H23N3O4S. The van der Waals surface area contributed by atoms with E-state index >= 15 is 0 Å². The Bertz CT molecular complexity index is 1030. The Kier molecular flexibility index (Phi) is 5.81. The second-order valence-corrected chi connectivity index (χ2v) is 8.77. The fourth-order valence-corrected chi connectivity index (χ4v) is 3.78. The summed E-state index contributed by atoms with van der Waals surface area (Å²) < 4.78 is 36.9. The lowest BCUT2D eigenvalue weighted by molar-refractivity contribution is 0.336. The second kappa shape index (κ2) is 8.12. The standard InChI is InChI=1S/C20H23N3O4S/c1-14(2)15-5-7-16(8-6-15)20-21-19(27-22-20)13-23(3)28(24,25)18-11-9-17(26-4)10-12-18/h5-12,14H,13H2,1-4H3. The molecule has 0 spiro atoms. The minimum absolute atomic E-state index is 0.0224. The van der Waals surface area contributed by atoms with Gasteiger partial charge in [-0.2, -0.15) is 9.29 Å². The number of aromatic nitrogens is 2. The maximum absolute atomic E-state index is 12.7. The van der Waals surface area contributed by atoms with Gasteiger partial charge in [0.1, 0.15) is 5.75 Å². The molecule has 28 heavy (non-hydrogen) atoms. The van der Waals surface area contributed by atoms with E-state index in [1.54, 1.807) is 12.1 Å². The molecule has 0 aliphatic rings. The molecule has 0 saturated heterocycles. The molecule has 1 heterocycles. The summed E-state index contributed by atoms with van der Waals surface area (Å²) in [7, 11) is -0.683. The summed E-state index contributed by atoms with van der Waals surface area (Å²) in [6.07, 6.45) is 0. The van der Waals surface area contributed by atoms with Gasteiger partial charge >= 0.3 is 0 Å². The lowest BCUT2D eigenvalue weighted by Crippen LogP contribution is -2.26. The number of ether oxygens (including phenoxy) is 1. The van der Waals surface area contributed by atoms with E-state index in [9.17, 15) is 8.42 Å². The van der Waals surface area contributed by atoms with Crippen LogP contribution in [0.15, 0.2) is 57.9 Å². The van der Waals surface area contributed by atoms with Crippen molar-refractivity contribution in [2.24, 2.45) is 0 Å². The molecule has 0 saturated carbocycles. The predicted octanol–water partition coefficient (Wildman–Crippen LogP) is 3.69. The first kappa shape index (κ1) is 20.0. The van der Waals surface area contributed by atoms with Crippen molar-refractivity contribution in [2.45, 2.75) is 31.2 Å². The van der Waals surface area contributed by atoms with Crippen LogP contribution in [0, 0.1) is 0 Å². The van der Waals surface area contributed by atoms with Crippen LogP contribution in [0.25, 0.3) is 11.4 Å². The molecule has 0 N–H and O–H groups in total. The summed E-state index contributed by atoms with van der Waals surface area (Å²) in [6.45, 7) is 4.23. The molecule has 0 radical (unpaired) electrons. The lowest BCUT2D eigenvalue weighted by atomic mass is 10.0. The van der Waals surface area contributed by atoms with E-state index in [0.29, 0.717) is 17.5 Å². The summed E-state index contributed by atoms with van der Waals surface area (Å²) in [6, 6.07) is 14.1. The van der Waals surface area contributed by atoms with Crippen LogP contribution in [0.4, 0.5) is 0 Å².